The van der Waals surface area contributed by atoms with Gasteiger partial charge in [-0.25, -0.2) is 29.5 Å². The predicted octanol–water partition coefficient (Wildman–Crippen LogP) is 6.36. The van der Waals surface area contributed by atoms with Gasteiger partial charge in [-0.05, 0) is 76.0 Å². The molecule has 2 aliphatic rings. The third-order valence-corrected chi connectivity index (χ3v) is 9.32. The highest BCUT2D eigenvalue weighted by Crippen LogP contribution is 2.40. The van der Waals surface area contributed by atoms with Crippen molar-refractivity contribution in [3.8, 4) is 22.8 Å². The monoisotopic (exact) mass is 650 g/mol. The molecule has 7 N–H and O–H groups in total. The number of benzene rings is 2. The zero-order valence-electron chi connectivity index (χ0n) is 27.5. The van der Waals surface area contributed by atoms with E-state index in [-0.39, 0.29) is 47.4 Å². The van der Waals surface area contributed by atoms with Crippen LogP contribution in [0.4, 0.5) is 23.0 Å². The van der Waals surface area contributed by atoms with Gasteiger partial charge < -0.3 is 31.9 Å². The van der Waals surface area contributed by atoms with Crippen LogP contribution in [-0.2, 0) is 4.74 Å². The number of aromatic nitrogens is 4. The summed E-state index contributed by atoms with van der Waals surface area (Å²) in [6.07, 6.45) is 6.82. The van der Waals surface area contributed by atoms with Gasteiger partial charge in [0.05, 0.1) is 6.61 Å². The van der Waals surface area contributed by atoms with Crippen LogP contribution in [0.25, 0.3) is 22.8 Å². The second kappa shape index (κ2) is 13.8. The van der Waals surface area contributed by atoms with Crippen LogP contribution in [0.5, 0.6) is 0 Å². The van der Waals surface area contributed by atoms with E-state index in [1.165, 1.54) is 0 Å². The minimum absolute atomic E-state index is 0.00757. The number of nitrogens with one attached hydrogen (secondary N) is 2. The lowest BCUT2D eigenvalue weighted by atomic mass is 9.91. The fourth-order valence-electron chi connectivity index (χ4n) is 6.71. The quantitative estimate of drug-likeness (QED) is 0.120. The van der Waals surface area contributed by atoms with Crippen molar-refractivity contribution in [3.63, 3.8) is 0 Å². The van der Waals surface area contributed by atoms with Crippen molar-refractivity contribution in [2.75, 3.05) is 28.7 Å². The van der Waals surface area contributed by atoms with E-state index in [9.17, 15) is 14.7 Å². The second-order valence-corrected chi connectivity index (χ2v) is 12.8. The highest BCUT2D eigenvalue weighted by molar-refractivity contribution is 5.96. The lowest BCUT2D eigenvalue weighted by molar-refractivity contribution is 0.0520. The number of rotatable bonds is 10. The summed E-state index contributed by atoms with van der Waals surface area (Å²) >= 11 is 0. The topological polar surface area (TPSA) is 191 Å². The van der Waals surface area contributed by atoms with Gasteiger partial charge in [-0.15, -0.1) is 0 Å². The Balaban J connectivity index is 1.27. The Morgan fingerprint density at radius 2 is 1.42 bits per heavy atom. The molecule has 0 bridgehead atoms. The molecule has 2 aromatic carbocycles. The lowest BCUT2D eigenvalue weighted by Crippen LogP contribution is -2.20. The molecule has 48 heavy (non-hydrogen) atoms. The van der Waals surface area contributed by atoms with E-state index in [1.807, 2.05) is 37.3 Å². The largest absolute Gasteiger partial charge is 0.476 e. The minimum Gasteiger partial charge on any atom is -0.476 e. The van der Waals surface area contributed by atoms with Gasteiger partial charge in [0.15, 0.2) is 34.7 Å². The molecule has 12 nitrogen and oxygen atoms in total. The van der Waals surface area contributed by atoms with Crippen LogP contribution >= 0.6 is 0 Å². The van der Waals surface area contributed by atoms with Gasteiger partial charge in [0.25, 0.3) is 0 Å². The molecule has 2 saturated carbocycles. The maximum atomic E-state index is 12.9. The van der Waals surface area contributed by atoms with E-state index in [0.29, 0.717) is 28.8 Å². The molecule has 0 aliphatic heterocycles. The third-order valence-electron chi connectivity index (χ3n) is 9.32. The number of ether oxygens (including phenoxy) is 1. The van der Waals surface area contributed by atoms with Crippen molar-refractivity contribution < 1.29 is 19.4 Å². The molecule has 12 heteroatoms. The van der Waals surface area contributed by atoms with Gasteiger partial charge in [0.1, 0.15) is 11.4 Å². The number of anilines is 4. The van der Waals surface area contributed by atoms with E-state index < -0.39 is 11.9 Å². The predicted molar refractivity (Wildman–Crippen MR) is 186 cm³/mol. The van der Waals surface area contributed by atoms with Crippen molar-refractivity contribution in [3.05, 3.63) is 70.5 Å². The number of nitrogens with two attached hydrogens (primary N) is 2. The molecule has 2 fully saturated rings. The Kier molecular flexibility index (Phi) is 9.42. The molecule has 250 valence electrons. The average Bonchev–Trinajstić information content (AvgIpc) is 3.76. The van der Waals surface area contributed by atoms with E-state index in [2.05, 4.69) is 44.6 Å². The maximum Gasteiger partial charge on any atom is 0.359 e. The number of carboxylic acid groups (broad SMARTS) is 1. The Labute approximate surface area is 279 Å². The fraction of sp³-hybridized carbons (Fsp3) is 0.389. The second-order valence-electron chi connectivity index (χ2n) is 12.8. The van der Waals surface area contributed by atoms with Crippen LogP contribution in [0, 0.1) is 13.8 Å². The van der Waals surface area contributed by atoms with Crippen molar-refractivity contribution in [1.29, 1.82) is 0 Å². The molecule has 0 spiro atoms. The van der Waals surface area contributed by atoms with Gasteiger partial charge >= 0.3 is 11.9 Å². The van der Waals surface area contributed by atoms with E-state index in [1.54, 1.807) is 6.92 Å². The number of hydrogen-bond acceptors (Lipinski definition) is 11. The first kappa shape index (κ1) is 32.7. The third kappa shape index (κ3) is 6.87. The molecule has 2 heterocycles. The maximum absolute atomic E-state index is 12.9. The van der Waals surface area contributed by atoms with Crippen LogP contribution in [-0.4, -0.2) is 55.7 Å². The summed E-state index contributed by atoms with van der Waals surface area (Å²) in [5.41, 5.74) is 17.6. The number of hydrogen-bond donors (Lipinski definition) is 5. The highest BCUT2D eigenvalue weighted by Gasteiger charge is 2.30. The van der Waals surface area contributed by atoms with Crippen LogP contribution in [0.2, 0.25) is 0 Å². The summed E-state index contributed by atoms with van der Waals surface area (Å²) in [5, 5.41) is 16.7. The normalized spacial score (nSPS) is 17.7. The molecule has 2 unspecified atom stereocenters. The van der Waals surface area contributed by atoms with Crippen LogP contribution in [0.3, 0.4) is 0 Å². The van der Waals surface area contributed by atoms with E-state index >= 15 is 0 Å². The molecule has 6 rings (SSSR count). The van der Waals surface area contributed by atoms with Gasteiger partial charge in [-0.1, -0.05) is 54.8 Å². The summed E-state index contributed by atoms with van der Waals surface area (Å²) in [7, 11) is 0. The number of carboxylic acids is 1. The number of esters is 1. The molecule has 0 amide bonds. The molecular weight excluding hydrogens is 608 g/mol. The zero-order valence-corrected chi connectivity index (χ0v) is 27.5. The van der Waals surface area contributed by atoms with Gasteiger partial charge in [0, 0.05) is 23.2 Å². The smallest absolute Gasteiger partial charge is 0.359 e. The van der Waals surface area contributed by atoms with Crippen LogP contribution in [0.1, 0.15) is 95.5 Å². The SMILES string of the molecule is CCOC(=O)c1nc(-c2ccc(C)c(C3CCC(Nc4nc(-c5ccc(C)cc5)nc(C(=O)O)c4N)C3)c2)nc(NC2CCCC2)c1N. The van der Waals surface area contributed by atoms with Crippen LogP contribution in [0.15, 0.2) is 42.5 Å². The van der Waals surface area contributed by atoms with Gasteiger partial charge in [-0.3, -0.25) is 0 Å². The minimum atomic E-state index is -1.21. The lowest BCUT2D eigenvalue weighted by Gasteiger charge is -2.19. The number of aromatic carboxylic acids is 1. The van der Waals surface area contributed by atoms with Gasteiger partial charge in [-0.2, -0.15) is 0 Å². The fourth-order valence-corrected chi connectivity index (χ4v) is 6.71. The molecule has 2 atom stereocenters. The molecule has 2 aromatic heterocycles. The Morgan fingerprint density at radius 1 is 0.812 bits per heavy atom. The molecule has 0 radical (unpaired) electrons. The zero-order chi connectivity index (χ0) is 33.9. The summed E-state index contributed by atoms with van der Waals surface area (Å²) in [5.74, 6) is -0.106. The summed E-state index contributed by atoms with van der Waals surface area (Å²) in [4.78, 5) is 43.2. The number of nitrogens with zero attached hydrogens (tertiary/aromatic N) is 4. The van der Waals surface area contributed by atoms with Crippen molar-refractivity contribution >= 4 is 34.9 Å². The molecule has 0 saturated heterocycles. The number of carbonyl (C=O) groups excluding carboxylic acids is 1. The van der Waals surface area contributed by atoms with Crippen molar-refractivity contribution in [2.24, 2.45) is 0 Å². The Hall–Kier alpha value is -5.26. The van der Waals surface area contributed by atoms with Crippen LogP contribution < -0.4 is 22.1 Å². The highest BCUT2D eigenvalue weighted by atomic mass is 16.5. The van der Waals surface area contributed by atoms with E-state index in [0.717, 1.165) is 67.2 Å². The molecular formula is C36H42N8O4. The number of aryl methyl sites for hydroxylation is 2. The first-order valence-electron chi connectivity index (χ1n) is 16.6. The first-order valence-corrected chi connectivity index (χ1v) is 16.6. The summed E-state index contributed by atoms with van der Waals surface area (Å²) < 4.78 is 5.28. The van der Waals surface area contributed by atoms with E-state index in [4.69, 9.17) is 21.2 Å². The molecule has 2 aliphatic carbocycles. The Morgan fingerprint density at radius 3 is 2.08 bits per heavy atom. The van der Waals surface area contributed by atoms with Crippen molar-refractivity contribution in [1.82, 2.24) is 19.9 Å². The summed E-state index contributed by atoms with van der Waals surface area (Å²) in [6.45, 7) is 6.01. The van der Waals surface area contributed by atoms with Gasteiger partial charge in [0.2, 0.25) is 0 Å². The summed E-state index contributed by atoms with van der Waals surface area (Å²) in [6, 6.07) is 14.0. The Bertz CT molecular complexity index is 1840. The van der Waals surface area contributed by atoms with Crippen molar-refractivity contribution in [2.45, 2.75) is 83.7 Å². The number of nitrogen functional groups attached to an aromatic ring is 2. The average molecular weight is 651 g/mol. The molecule has 4 aromatic rings. The number of carbonyl (C=O) groups is 2. The first-order chi connectivity index (χ1) is 23.1. The standard InChI is InChI=1S/C36H42N8O4/c1-4-48-36(47)30-28(38)34(39-24-7-5-6-8-24)44-32(42-30)23-14-11-20(3)26(18-23)22-15-16-25(17-22)40-33-27(37)29(35(45)46)41-31(43-33)21-12-9-19(2)10-13-21/h9-14,18,22,24-25H,4-8,15-17,37-38H2,1-3H3,(H,45,46)(H,39,42,44)(H,40,41,43).